The highest BCUT2D eigenvalue weighted by Gasteiger charge is 2.26. The number of rotatable bonds is 6. The molecule has 1 N–H and O–H groups in total. The maximum atomic E-state index is 12.4. The van der Waals surface area contributed by atoms with Crippen molar-refractivity contribution in [3.63, 3.8) is 0 Å². The number of carbonyl (C=O) groups excluding carboxylic acids is 1. The van der Waals surface area contributed by atoms with Gasteiger partial charge in [0.25, 0.3) is 5.91 Å². The number of likely N-dealkylation sites (N-methyl/N-ethyl adjacent to an activating group) is 1. The van der Waals surface area contributed by atoms with Crippen LogP contribution in [0.4, 0.5) is 0 Å². The molecule has 5 nitrogen and oxygen atoms in total. The molecule has 1 amide bonds. The number of carbonyl (C=O) groups is 1. The molecule has 3 rings (SSSR count). The van der Waals surface area contributed by atoms with Crippen LogP contribution in [0.25, 0.3) is 0 Å². The second kappa shape index (κ2) is 8.11. The normalized spacial score (nSPS) is 18.5. The molecule has 1 saturated heterocycles. The summed E-state index contributed by atoms with van der Waals surface area (Å²) in [6, 6.07) is 10.9. The van der Waals surface area contributed by atoms with Crippen LogP contribution in [-0.4, -0.2) is 58.4 Å². The molecule has 0 spiro atoms. The van der Waals surface area contributed by atoms with E-state index in [0.29, 0.717) is 5.69 Å². The van der Waals surface area contributed by atoms with E-state index in [2.05, 4.69) is 45.2 Å². The smallest absolute Gasteiger partial charge is 0.271 e. The van der Waals surface area contributed by atoms with E-state index >= 15 is 0 Å². The number of hydrogen-bond donors (Lipinski definition) is 1. The van der Waals surface area contributed by atoms with Crippen LogP contribution in [0.1, 0.15) is 35.3 Å². The number of benzene rings is 1. The number of aromatic nitrogens is 2. The summed E-state index contributed by atoms with van der Waals surface area (Å²) in [5.41, 5.74) is 1.97. The van der Waals surface area contributed by atoms with Crippen LogP contribution in [0.5, 0.6) is 0 Å². The summed E-state index contributed by atoms with van der Waals surface area (Å²) < 4.78 is 0. The topological polar surface area (TPSA) is 52.2 Å². The Morgan fingerprint density at radius 3 is 2.96 bits per heavy atom. The summed E-state index contributed by atoms with van der Waals surface area (Å²) in [7, 11) is 1.90. The number of likely N-dealkylation sites (tertiary alicyclic amines) is 1. The maximum Gasteiger partial charge on any atom is 0.271 e. The van der Waals surface area contributed by atoms with Crippen LogP contribution in [0.2, 0.25) is 0 Å². The number of aryl methyl sites for hydroxylation is 1. The van der Waals surface area contributed by atoms with Crippen molar-refractivity contribution in [2.24, 2.45) is 0 Å². The quantitative estimate of drug-likeness (QED) is 0.888. The van der Waals surface area contributed by atoms with Crippen molar-refractivity contribution in [2.45, 2.75) is 31.7 Å². The fourth-order valence-corrected chi connectivity index (χ4v) is 3.43. The van der Waals surface area contributed by atoms with Gasteiger partial charge >= 0.3 is 0 Å². The fourth-order valence-electron chi connectivity index (χ4n) is 3.43. The Balaban J connectivity index is 1.48. The Hall–Kier alpha value is -2.14. The Kier molecular flexibility index (Phi) is 5.64. The number of nitrogens with one attached hydrogen (secondary N) is 1. The van der Waals surface area contributed by atoms with Crippen molar-refractivity contribution >= 4 is 5.91 Å². The molecular formula is C19H26N4O. The van der Waals surface area contributed by atoms with E-state index < -0.39 is 0 Å². The van der Waals surface area contributed by atoms with Crippen molar-refractivity contribution in [2.75, 3.05) is 26.7 Å². The largest absolute Gasteiger partial charge is 0.341 e. The van der Waals surface area contributed by atoms with Crippen LogP contribution >= 0.6 is 0 Å². The van der Waals surface area contributed by atoms with Crippen LogP contribution in [0.15, 0.2) is 42.9 Å². The van der Waals surface area contributed by atoms with Crippen molar-refractivity contribution in [3.05, 3.63) is 54.1 Å². The summed E-state index contributed by atoms with van der Waals surface area (Å²) in [5, 5.41) is 0. The summed E-state index contributed by atoms with van der Waals surface area (Å²) in [6.07, 6.45) is 7.65. The van der Waals surface area contributed by atoms with Gasteiger partial charge in [-0.2, -0.15) is 0 Å². The highest BCUT2D eigenvalue weighted by molar-refractivity contribution is 5.92. The molecule has 2 aromatic rings. The van der Waals surface area contributed by atoms with Crippen molar-refractivity contribution in [1.29, 1.82) is 0 Å². The summed E-state index contributed by atoms with van der Waals surface area (Å²) in [6.45, 7) is 3.19. The average molecular weight is 326 g/mol. The van der Waals surface area contributed by atoms with E-state index in [-0.39, 0.29) is 11.9 Å². The predicted octanol–water partition coefficient (Wildman–Crippen LogP) is 2.58. The molecule has 24 heavy (non-hydrogen) atoms. The molecule has 1 aromatic carbocycles. The Bertz CT molecular complexity index is 626. The number of nitrogens with zero attached hydrogens (tertiary/aromatic N) is 3. The SMILES string of the molecule is CN(C(=O)c1cnc[nH]1)[C@H]1CCCN(CCCc2ccccc2)C1. The zero-order valence-electron chi connectivity index (χ0n) is 14.3. The van der Waals surface area contributed by atoms with Gasteiger partial charge in [-0.15, -0.1) is 0 Å². The van der Waals surface area contributed by atoms with Gasteiger partial charge in [-0.25, -0.2) is 4.98 Å². The van der Waals surface area contributed by atoms with Gasteiger partial charge in [0.05, 0.1) is 12.5 Å². The van der Waals surface area contributed by atoms with E-state index in [9.17, 15) is 4.79 Å². The third-order valence-electron chi connectivity index (χ3n) is 4.86. The van der Waals surface area contributed by atoms with Gasteiger partial charge < -0.3 is 14.8 Å². The molecule has 0 saturated carbocycles. The molecule has 5 heteroatoms. The molecule has 1 atom stereocenters. The maximum absolute atomic E-state index is 12.4. The molecule has 1 fully saturated rings. The highest BCUT2D eigenvalue weighted by atomic mass is 16.2. The predicted molar refractivity (Wildman–Crippen MR) is 94.9 cm³/mol. The molecule has 1 aliphatic rings. The number of amides is 1. The van der Waals surface area contributed by atoms with Crippen LogP contribution in [0.3, 0.4) is 0 Å². The fraction of sp³-hybridized carbons (Fsp3) is 0.474. The van der Waals surface area contributed by atoms with Crippen molar-refractivity contribution < 1.29 is 4.79 Å². The van der Waals surface area contributed by atoms with Crippen LogP contribution in [-0.2, 0) is 6.42 Å². The molecule has 2 heterocycles. The second-order valence-electron chi connectivity index (χ2n) is 6.57. The number of piperidine rings is 1. The second-order valence-corrected chi connectivity index (χ2v) is 6.57. The lowest BCUT2D eigenvalue weighted by molar-refractivity contribution is 0.0612. The zero-order valence-corrected chi connectivity index (χ0v) is 14.3. The third kappa shape index (κ3) is 4.23. The molecule has 0 unspecified atom stereocenters. The van der Waals surface area contributed by atoms with Crippen molar-refractivity contribution in [3.8, 4) is 0 Å². The minimum atomic E-state index is 0.0311. The third-order valence-corrected chi connectivity index (χ3v) is 4.86. The first-order valence-corrected chi connectivity index (χ1v) is 8.76. The van der Waals surface area contributed by atoms with E-state index in [1.54, 1.807) is 12.5 Å². The van der Waals surface area contributed by atoms with E-state index in [1.807, 2.05) is 11.9 Å². The van der Waals surface area contributed by atoms with E-state index in [0.717, 1.165) is 45.3 Å². The minimum Gasteiger partial charge on any atom is -0.341 e. The zero-order chi connectivity index (χ0) is 16.8. The number of hydrogen-bond acceptors (Lipinski definition) is 3. The first-order chi connectivity index (χ1) is 11.7. The minimum absolute atomic E-state index is 0.0311. The van der Waals surface area contributed by atoms with Gasteiger partial charge in [0.1, 0.15) is 5.69 Å². The molecule has 1 aromatic heterocycles. The summed E-state index contributed by atoms with van der Waals surface area (Å²) in [5.74, 6) is 0.0311. The van der Waals surface area contributed by atoms with E-state index in [4.69, 9.17) is 0 Å². The van der Waals surface area contributed by atoms with Gasteiger partial charge in [-0.1, -0.05) is 30.3 Å². The van der Waals surface area contributed by atoms with Gasteiger partial charge in [0.2, 0.25) is 0 Å². The Morgan fingerprint density at radius 2 is 2.21 bits per heavy atom. The average Bonchev–Trinajstić information content (AvgIpc) is 3.16. The van der Waals surface area contributed by atoms with E-state index in [1.165, 1.54) is 5.56 Å². The lowest BCUT2D eigenvalue weighted by atomic mass is 10.0. The van der Waals surface area contributed by atoms with Gasteiger partial charge in [0.15, 0.2) is 0 Å². The molecule has 1 aliphatic heterocycles. The number of H-pyrrole nitrogens is 1. The lowest BCUT2D eigenvalue weighted by Gasteiger charge is -2.37. The lowest BCUT2D eigenvalue weighted by Crippen LogP contribution is -2.48. The van der Waals surface area contributed by atoms with Gasteiger partial charge in [0, 0.05) is 19.6 Å². The number of imidazole rings is 1. The van der Waals surface area contributed by atoms with Crippen LogP contribution in [0, 0.1) is 0 Å². The van der Waals surface area contributed by atoms with Gasteiger partial charge in [-0.3, -0.25) is 4.79 Å². The number of aromatic amines is 1. The molecule has 128 valence electrons. The first kappa shape index (κ1) is 16.7. The molecule has 0 radical (unpaired) electrons. The van der Waals surface area contributed by atoms with Crippen molar-refractivity contribution in [1.82, 2.24) is 19.8 Å². The monoisotopic (exact) mass is 326 g/mol. The summed E-state index contributed by atoms with van der Waals surface area (Å²) in [4.78, 5) is 23.7. The Labute approximate surface area is 143 Å². The van der Waals surface area contributed by atoms with Crippen LogP contribution < -0.4 is 0 Å². The summed E-state index contributed by atoms with van der Waals surface area (Å²) >= 11 is 0. The Morgan fingerprint density at radius 1 is 1.38 bits per heavy atom. The molecular weight excluding hydrogens is 300 g/mol. The van der Waals surface area contributed by atoms with Gasteiger partial charge in [-0.05, 0) is 44.3 Å². The molecule has 0 bridgehead atoms. The first-order valence-electron chi connectivity index (χ1n) is 8.76. The molecule has 0 aliphatic carbocycles. The highest BCUT2D eigenvalue weighted by Crippen LogP contribution is 2.17. The standard InChI is InChI=1S/C19H26N4O/c1-22(19(24)18-13-20-15-21-18)17-10-6-12-23(14-17)11-5-9-16-7-3-2-4-8-16/h2-4,7-8,13,15,17H,5-6,9-12,14H2,1H3,(H,20,21)/t17-/m0/s1.